The number of amides is 1. The van der Waals surface area contributed by atoms with E-state index in [0.29, 0.717) is 32.2 Å². The number of nitrogens with zero attached hydrogens (tertiary/aromatic N) is 2. The molecule has 3 aliphatic heterocycles. The number of halogens is 1. The molecule has 0 bridgehead atoms. The summed E-state index contributed by atoms with van der Waals surface area (Å²) < 4.78 is 24.9. The number of piperidine rings is 1. The molecule has 4 rings (SSSR count). The van der Waals surface area contributed by atoms with Crippen LogP contribution in [0.4, 0.5) is 9.18 Å². The minimum Gasteiger partial charge on any atom is -0.465 e. The Kier molecular flexibility index (Phi) is 6.87. The summed E-state index contributed by atoms with van der Waals surface area (Å²) in [5.41, 5.74) is 1.07. The largest absolute Gasteiger partial charge is 0.465 e. The number of benzene rings is 1. The molecule has 3 heterocycles. The van der Waals surface area contributed by atoms with Gasteiger partial charge in [0.05, 0.1) is 13.2 Å². The molecule has 166 valence electrons. The summed E-state index contributed by atoms with van der Waals surface area (Å²) in [7, 11) is 0. The summed E-state index contributed by atoms with van der Waals surface area (Å²) in [5.74, 6) is -0.349. The van der Waals surface area contributed by atoms with Crippen molar-refractivity contribution in [2.75, 3.05) is 52.5 Å². The normalized spacial score (nSPS) is 23.4. The standard InChI is InChI=1S/C22H32FN3O4/c23-19-3-1-17(2-4-19)18(5-9-24-21(27)28)6-10-25-15-20(16-25)26-11-7-22(8-12-26)29-13-14-30-22/h1-4,18,20,24H,5-16H2,(H,27,28). The topological polar surface area (TPSA) is 74.3 Å². The maximum absolute atomic E-state index is 13.3. The van der Waals surface area contributed by atoms with E-state index in [-0.39, 0.29) is 17.5 Å². The van der Waals surface area contributed by atoms with Gasteiger partial charge >= 0.3 is 6.09 Å². The molecule has 0 aromatic heterocycles. The molecular weight excluding hydrogens is 389 g/mol. The zero-order valence-corrected chi connectivity index (χ0v) is 17.4. The second-order valence-electron chi connectivity index (χ2n) is 8.61. The quantitative estimate of drug-likeness (QED) is 0.672. The van der Waals surface area contributed by atoms with Crippen LogP contribution in [0.5, 0.6) is 0 Å². The van der Waals surface area contributed by atoms with Gasteiger partial charge in [-0.15, -0.1) is 0 Å². The van der Waals surface area contributed by atoms with E-state index in [1.807, 2.05) is 12.1 Å². The van der Waals surface area contributed by atoms with Crippen molar-refractivity contribution in [3.8, 4) is 0 Å². The molecule has 7 nitrogen and oxygen atoms in total. The Hall–Kier alpha value is -1.74. The molecule has 3 fully saturated rings. The van der Waals surface area contributed by atoms with Gasteiger partial charge < -0.3 is 24.8 Å². The van der Waals surface area contributed by atoms with E-state index in [2.05, 4.69) is 15.1 Å². The van der Waals surface area contributed by atoms with Crippen LogP contribution in [0.1, 0.15) is 37.2 Å². The van der Waals surface area contributed by atoms with Crippen molar-refractivity contribution >= 4 is 6.09 Å². The van der Waals surface area contributed by atoms with Crippen LogP contribution in [0, 0.1) is 5.82 Å². The fourth-order valence-electron chi connectivity index (χ4n) is 4.88. The molecule has 1 amide bonds. The fraction of sp³-hybridized carbons (Fsp3) is 0.682. The molecular formula is C22H32FN3O4. The van der Waals surface area contributed by atoms with Gasteiger partial charge in [0.15, 0.2) is 5.79 Å². The van der Waals surface area contributed by atoms with Crippen LogP contribution in [0.25, 0.3) is 0 Å². The van der Waals surface area contributed by atoms with Gasteiger partial charge in [-0.3, -0.25) is 4.90 Å². The Labute approximate surface area is 177 Å². The first-order valence-corrected chi connectivity index (χ1v) is 11.0. The summed E-state index contributed by atoms with van der Waals surface area (Å²) in [5, 5.41) is 11.3. The molecule has 1 aromatic carbocycles. The molecule has 3 saturated heterocycles. The molecule has 1 spiro atoms. The molecule has 0 aliphatic carbocycles. The van der Waals surface area contributed by atoms with Crippen LogP contribution >= 0.6 is 0 Å². The lowest BCUT2D eigenvalue weighted by atomic mass is 9.91. The van der Waals surface area contributed by atoms with Crippen LogP contribution in [-0.4, -0.2) is 85.3 Å². The van der Waals surface area contributed by atoms with Gasteiger partial charge in [0, 0.05) is 51.6 Å². The van der Waals surface area contributed by atoms with E-state index in [1.54, 1.807) is 0 Å². The highest BCUT2D eigenvalue weighted by atomic mass is 19.1. The monoisotopic (exact) mass is 421 g/mol. The van der Waals surface area contributed by atoms with Crippen molar-refractivity contribution in [1.29, 1.82) is 0 Å². The summed E-state index contributed by atoms with van der Waals surface area (Å²) in [4.78, 5) is 15.8. The molecule has 8 heteroatoms. The van der Waals surface area contributed by atoms with Crippen molar-refractivity contribution in [2.24, 2.45) is 0 Å². The number of ether oxygens (including phenoxy) is 2. The van der Waals surface area contributed by atoms with Crippen molar-refractivity contribution in [3.05, 3.63) is 35.6 Å². The van der Waals surface area contributed by atoms with Gasteiger partial charge in [0.2, 0.25) is 0 Å². The third-order valence-electron chi connectivity index (χ3n) is 6.73. The van der Waals surface area contributed by atoms with Crippen molar-refractivity contribution in [2.45, 2.75) is 43.4 Å². The van der Waals surface area contributed by atoms with Crippen LogP contribution in [0.2, 0.25) is 0 Å². The van der Waals surface area contributed by atoms with E-state index >= 15 is 0 Å². The number of carboxylic acid groups (broad SMARTS) is 1. The minimum absolute atomic E-state index is 0.211. The maximum Gasteiger partial charge on any atom is 0.404 e. The lowest BCUT2D eigenvalue weighted by Crippen LogP contribution is -2.62. The number of carbonyl (C=O) groups is 1. The summed E-state index contributed by atoms with van der Waals surface area (Å²) in [6.07, 6.45) is 2.54. The van der Waals surface area contributed by atoms with E-state index in [0.717, 1.165) is 57.5 Å². The Bertz CT molecular complexity index is 695. The van der Waals surface area contributed by atoms with Crippen molar-refractivity contribution < 1.29 is 23.8 Å². The molecule has 0 saturated carbocycles. The van der Waals surface area contributed by atoms with Crippen LogP contribution in [0.15, 0.2) is 24.3 Å². The van der Waals surface area contributed by atoms with Crippen molar-refractivity contribution in [3.63, 3.8) is 0 Å². The fourth-order valence-corrected chi connectivity index (χ4v) is 4.88. The first kappa shape index (κ1) is 21.5. The highest BCUT2D eigenvalue weighted by Crippen LogP contribution is 2.33. The summed E-state index contributed by atoms with van der Waals surface area (Å²) >= 11 is 0. The van der Waals surface area contributed by atoms with Gasteiger partial charge in [0.1, 0.15) is 5.82 Å². The van der Waals surface area contributed by atoms with Crippen LogP contribution < -0.4 is 5.32 Å². The predicted molar refractivity (Wildman–Crippen MR) is 110 cm³/mol. The number of hydrogen-bond acceptors (Lipinski definition) is 5. The number of hydrogen-bond donors (Lipinski definition) is 2. The second kappa shape index (κ2) is 9.60. The average molecular weight is 422 g/mol. The first-order valence-electron chi connectivity index (χ1n) is 11.0. The Balaban J connectivity index is 1.21. The third kappa shape index (κ3) is 5.29. The number of likely N-dealkylation sites (tertiary alicyclic amines) is 2. The van der Waals surface area contributed by atoms with Gasteiger partial charge in [0.25, 0.3) is 0 Å². The summed E-state index contributed by atoms with van der Waals surface area (Å²) in [6, 6.07) is 7.19. The number of nitrogens with one attached hydrogen (secondary N) is 1. The molecule has 30 heavy (non-hydrogen) atoms. The highest BCUT2D eigenvalue weighted by Gasteiger charge is 2.42. The SMILES string of the molecule is O=C(O)NCCC(CCN1CC(N2CCC3(CC2)OCCO3)C1)c1ccc(F)cc1. The molecule has 0 radical (unpaired) electrons. The van der Waals surface area contributed by atoms with Gasteiger partial charge in [-0.25, -0.2) is 9.18 Å². The smallest absolute Gasteiger partial charge is 0.404 e. The van der Waals surface area contributed by atoms with E-state index in [1.165, 1.54) is 12.1 Å². The summed E-state index contributed by atoms with van der Waals surface area (Å²) in [6.45, 7) is 6.99. The van der Waals surface area contributed by atoms with E-state index in [4.69, 9.17) is 14.6 Å². The van der Waals surface area contributed by atoms with Gasteiger partial charge in [-0.2, -0.15) is 0 Å². The first-order chi connectivity index (χ1) is 14.5. The predicted octanol–water partition coefficient (Wildman–Crippen LogP) is 2.48. The lowest BCUT2D eigenvalue weighted by molar-refractivity contribution is -0.191. The molecule has 1 unspecified atom stereocenters. The molecule has 2 N–H and O–H groups in total. The Morgan fingerprint density at radius 2 is 1.83 bits per heavy atom. The van der Waals surface area contributed by atoms with Gasteiger partial charge in [-0.05, 0) is 43.0 Å². The zero-order valence-electron chi connectivity index (χ0n) is 17.4. The average Bonchev–Trinajstić information content (AvgIpc) is 3.15. The van der Waals surface area contributed by atoms with Crippen molar-refractivity contribution in [1.82, 2.24) is 15.1 Å². The zero-order chi connectivity index (χ0) is 21.0. The van der Waals surface area contributed by atoms with Crippen LogP contribution in [-0.2, 0) is 9.47 Å². The molecule has 3 aliphatic rings. The minimum atomic E-state index is -1.00. The van der Waals surface area contributed by atoms with Crippen LogP contribution in [0.3, 0.4) is 0 Å². The van der Waals surface area contributed by atoms with E-state index in [9.17, 15) is 9.18 Å². The van der Waals surface area contributed by atoms with E-state index < -0.39 is 6.09 Å². The third-order valence-corrected chi connectivity index (χ3v) is 6.73. The van der Waals surface area contributed by atoms with Gasteiger partial charge in [-0.1, -0.05) is 12.1 Å². The second-order valence-corrected chi connectivity index (χ2v) is 8.61. The Morgan fingerprint density at radius 3 is 2.47 bits per heavy atom. The Morgan fingerprint density at radius 1 is 1.17 bits per heavy atom. The maximum atomic E-state index is 13.3. The molecule has 1 aromatic rings. The highest BCUT2D eigenvalue weighted by molar-refractivity contribution is 5.64. The molecule has 1 atom stereocenters. The lowest BCUT2D eigenvalue weighted by Gasteiger charge is -2.49. The number of rotatable bonds is 8.